The molecule has 4 N–H and O–H groups in total. The fourth-order valence-corrected chi connectivity index (χ4v) is 3.59. The van der Waals surface area contributed by atoms with Gasteiger partial charge in [0.15, 0.2) is 0 Å². The van der Waals surface area contributed by atoms with Crippen molar-refractivity contribution in [2.24, 2.45) is 23.5 Å². The summed E-state index contributed by atoms with van der Waals surface area (Å²) in [5, 5.41) is 5.78. The monoisotopic (exact) mass is 281 g/mol. The molecule has 0 heterocycles. The van der Waals surface area contributed by atoms with Crippen molar-refractivity contribution in [3.8, 4) is 0 Å². The van der Waals surface area contributed by atoms with Crippen LogP contribution in [0.2, 0.25) is 0 Å². The van der Waals surface area contributed by atoms with Crippen LogP contribution in [-0.2, 0) is 9.59 Å². The molecule has 2 bridgehead atoms. The highest BCUT2D eigenvalue weighted by Crippen LogP contribution is 2.47. The first-order chi connectivity index (χ1) is 9.52. The Morgan fingerprint density at radius 1 is 1.30 bits per heavy atom. The van der Waals surface area contributed by atoms with E-state index in [4.69, 9.17) is 5.73 Å². The molecule has 0 aromatic carbocycles. The summed E-state index contributed by atoms with van der Waals surface area (Å²) in [6, 6.07) is 0.208. The topological polar surface area (TPSA) is 84.2 Å². The normalized spacial score (nSPS) is 33.0. The average molecular weight is 281 g/mol. The Hall–Kier alpha value is -1.10. The van der Waals surface area contributed by atoms with Crippen LogP contribution in [0, 0.1) is 17.8 Å². The van der Waals surface area contributed by atoms with Crippen molar-refractivity contribution in [3.63, 3.8) is 0 Å². The number of fused-ring (bicyclic) bond motifs is 2. The summed E-state index contributed by atoms with van der Waals surface area (Å²) in [5.41, 5.74) is 6.14. The fourth-order valence-electron chi connectivity index (χ4n) is 3.59. The van der Waals surface area contributed by atoms with Crippen LogP contribution in [0.3, 0.4) is 0 Å². The minimum Gasteiger partial charge on any atom is -0.355 e. The lowest BCUT2D eigenvalue weighted by molar-refractivity contribution is -0.127. The van der Waals surface area contributed by atoms with E-state index < -0.39 is 0 Å². The van der Waals surface area contributed by atoms with Crippen LogP contribution in [0.5, 0.6) is 0 Å². The summed E-state index contributed by atoms with van der Waals surface area (Å²) < 4.78 is 0. The maximum atomic E-state index is 12.2. The number of hydrogen-bond acceptors (Lipinski definition) is 3. The van der Waals surface area contributed by atoms with Gasteiger partial charge in [-0.3, -0.25) is 9.59 Å². The first kappa shape index (κ1) is 15.3. The van der Waals surface area contributed by atoms with Crippen molar-refractivity contribution in [3.05, 3.63) is 0 Å². The van der Waals surface area contributed by atoms with E-state index in [1.165, 1.54) is 6.42 Å². The smallest absolute Gasteiger partial charge is 0.224 e. The minimum atomic E-state index is -0.0358. The standard InChI is InChI=1S/C15H27N3O2/c1-3-9(2)18-12(19)6-7-17-15(20)13-10-4-5-11(8-10)14(13)16/h9-11,13-14H,3-8,16H2,1-2H3,(H,17,20)(H,18,19). The van der Waals surface area contributed by atoms with Crippen LogP contribution in [-0.4, -0.2) is 30.4 Å². The third-order valence-corrected chi connectivity index (χ3v) is 4.95. The molecular formula is C15H27N3O2. The lowest BCUT2D eigenvalue weighted by Crippen LogP contribution is -2.46. The molecule has 5 unspecified atom stereocenters. The maximum absolute atomic E-state index is 12.2. The van der Waals surface area contributed by atoms with Gasteiger partial charge in [0, 0.05) is 25.0 Å². The number of rotatable bonds is 6. The van der Waals surface area contributed by atoms with Gasteiger partial charge < -0.3 is 16.4 Å². The second-order valence-corrected chi connectivity index (χ2v) is 6.35. The Morgan fingerprint density at radius 2 is 2.00 bits per heavy atom. The molecule has 5 atom stereocenters. The molecule has 114 valence electrons. The number of nitrogens with one attached hydrogen (secondary N) is 2. The largest absolute Gasteiger partial charge is 0.355 e. The number of carbonyl (C=O) groups excluding carboxylic acids is 2. The Kier molecular flexibility index (Phi) is 5.02. The zero-order chi connectivity index (χ0) is 14.7. The third-order valence-electron chi connectivity index (χ3n) is 4.95. The summed E-state index contributed by atoms with van der Waals surface area (Å²) in [6.07, 6.45) is 4.66. The van der Waals surface area contributed by atoms with Gasteiger partial charge in [-0.05, 0) is 44.4 Å². The molecule has 2 rings (SSSR count). The molecule has 2 amide bonds. The predicted molar refractivity (Wildman–Crippen MR) is 77.8 cm³/mol. The zero-order valence-electron chi connectivity index (χ0n) is 12.5. The summed E-state index contributed by atoms with van der Waals surface area (Å²) in [6.45, 7) is 4.41. The van der Waals surface area contributed by atoms with E-state index in [1.54, 1.807) is 0 Å². The molecule has 0 radical (unpaired) electrons. The molecule has 0 saturated heterocycles. The Labute approximate surface area is 121 Å². The predicted octanol–water partition coefficient (Wildman–Crippen LogP) is 0.781. The molecule has 5 heteroatoms. The molecule has 2 fully saturated rings. The minimum absolute atomic E-state index is 0.00288. The van der Waals surface area contributed by atoms with Crippen LogP contribution < -0.4 is 16.4 Å². The molecule has 0 aromatic heterocycles. The van der Waals surface area contributed by atoms with Gasteiger partial charge in [0.25, 0.3) is 0 Å². The van der Waals surface area contributed by atoms with Crippen molar-refractivity contribution in [2.45, 2.75) is 58.0 Å². The van der Waals surface area contributed by atoms with Crippen LogP contribution in [0.15, 0.2) is 0 Å². The summed E-state index contributed by atoms with van der Waals surface area (Å²) in [7, 11) is 0. The highest BCUT2D eigenvalue weighted by atomic mass is 16.2. The van der Waals surface area contributed by atoms with E-state index in [0.717, 1.165) is 19.3 Å². The molecular weight excluding hydrogens is 254 g/mol. The first-order valence-corrected chi connectivity index (χ1v) is 7.85. The molecule has 20 heavy (non-hydrogen) atoms. The van der Waals surface area contributed by atoms with E-state index in [9.17, 15) is 9.59 Å². The molecule has 2 saturated carbocycles. The highest BCUT2D eigenvalue weighted by Gasteiger charge is 2.48. The maximum Gasteiger partial charge on any atom is 0.224 e. The van der Waals surface area contributed by atoms with Crippen molar-refractivity contribution in [1.82, 2.24) is 10.6 Å². The van der Waals surface area contributed by atoms with E-state index >= 15 is 0 Å². The number of amides is 2. The Balaban J connectivity index is 1.69. The highest BCUT2D eigenvalue weighted by molar-refractivity contribution is 5.81. The van der Waals surface area contributed by atoms with E-state index in [-0.39, 0.29) is 29.8 Å². The first-order valence-electron chi connectivity index (χ1n) is 7.85. The van der Waals surface area contributed by atoms with Gasteiger partial charge in [-0.15, -0.1) is 0 Å². The van der Waals surface area contributed by atoms with Gasteiger partial charge in [-0.1, -0.05) is 6.92 Å². The van der Waals surface area contributed by atoms with Gasteiger partial charge in [-0.25, -0.2) is 0 Å². The Bertz CT molecular complexity index is 370. The summed E-state index contributed by atoms with van der Waals surface area (Å²) in [5.74, 6) is 0.998. The van der Waals surface area contributed by atoms with Crippen molar-refractivity contribution in [1.29, 1.82) is 0 Å². The van der Waals surface area contributed by atoms with Crippen LogP contribution in [0.4, 0.5) is 0 Å². The number of nitrogens with two attached hydrogens (primary N) is 1. The second kappa shape index (κ2) is 6.57. The van der Waals surface area contributed by atoms with Crippen molar-refractivity contribution in [2.75, 3.05) is 6.54 Å². The quantitative estimate of drug-likeness (QED) is 0.672. The molecule has 0 aromatic rings. The summed E-state index contributed by atoms with van der Waals surface area (Å²) >= 11 is 0. The van der Waals surface area contributed by atoms with E-state index in [1.807, 2.05) is 13.8 Å². The van der Waals surface area contributed by atoms with Crippen LogP contribution >= 0.6 is 0 Å². The SMILES string of the molecule is CCC(C)NC(=O)CCNC(=O)C1C2CCC(C2)C1N. The van der Waals surface area contributed by atoms with Crippen molar-refractivity contribution < 1.29 is 9.59 Å². The Morgan fingerprint density at radius 3 is 2.60 bits per heavy atom. The van der Waals surface area contributed by atoms with Crippen LogP contribution in [0.1, 0.15) is 46.0 Å². The average Bonchev–Trinajstić information content (AvgIpc) is 2.98. The van der Waals surface area contributed by atoms with Gasteiger partial charge in [-0.2, -0.15) is 0 Å². The van der Waals surface area contributed by atoms with Gasteiger partial charge >= 0.3 is 0 Å². The van der Waals surface area contributed by atoms with Crippen LogP contribution in [0.25, 0.3) is 0 Å². The third kappa shape index (κ3) is 3.32. The fraction of sp³-hybridized carbons (Fsp3) is 0.867. The van der Waals surface area contributed by atoms with Gasteiger partial charge in [0.1, 0.15) is 0 Å². The molecule has 5 nitrogen and oxygen atoms in total. The second-order valence-electron chi connectivity index (χ2n) is 6.35. The lowest BCUT2D eigenvalue weighted by Gasteiger charge is -2.27. The summed E-state index contributed by atoms with van der Waals surface area (Å²) in [4.78, 5) is 23.8. The van der Waals surface area contributed by atoms with E-state index in [0.29, 0.717) is 24.8 Å². The van der Waals surface area contributed by atoms with E-state index in [2.05, 4.69) is 10.6 Å². The molecule has 2 aliphatic carbocycles. The van der Waals surface area contributed by atoms with Crippen molar-refractivity contribution >= 4 is 11.8 Å². The van der Waals surface area contributed by atoms with Gasteiger partial charge in [0.2, 0.25) is 11.8 Å². The molecule has 0 spiro atoms. The molecule has 2 aliphatic rings. The lowest BCUT2D eigenvalue weighted by atomic mass is 9.84. The van der Waals surface area contributed by atoms with Gasteiger partial charge in [0.05, 0.1) is 5.92 Å². The zero-order valence-corrected chi connectivity index (χ0v) is 12.5. The molecule has 0 aliphatic heterocycles. The number of carbonyl (C=O) groups is 2. The number of hydrogen-bond donors (Lipinski definition) is 3.